The highest BCUT2D eigenvalue weighted by Crippen LogP contribution is 2.15. The molecule has 0 aliphatic carbocycles. The normalized spacial score (nSPS) is 10.1. The summed E-state index contributed by atoms with van der Waals surface area (Å²) in [6, 6.07) is 14.6. The van der Waals surface area contributed by atoms with E-state index in [1.165, 1.54) is 0 Å². The molecule has 0 aromatic heterocycles. The average molecular weight is 320 g/mol. The van der Waals surface area contributed by atoms with Crippen molar-refractivity contribution in [2.75, 3.05) is 19.8 Å². The highest BCUT2D eigenvalue weighted by Gasteiger charge is 2.02. The van der Waals surface area contributed by atoms with Crippen molar-refractivity contribution in [2.24, 2.45) is 0 Å². The predicted octanol–water partition coefficient (Wildman–Crippen LogP) is 3.22. The van der Waals surface area contributed by atoms with E-state index in [0.29, 0.717) is 23.9 Å². The number of hydrogen-bond acceptors (Lipinski definition) is 3. The lowest BCUT2D eigenvalue weighted by Crippen LogP contribution is -2.32. The van der Waals surface area contributed by atoms with Gasteiger partial charge >= 0.3 is 0 Å². The third-order valence-corrected chi connectivity index (χ3v) is 3.12. The smallest absolute Gasteiger partial charge is 0.258 e. The van der Waals surface area contributed by atoms with Crippen LogP contribution in [0.2, 0.25) is 5.02 Å². The molecular formula is C17H18ClNO3. The zero-order valence-electron chi connectivity index (χ0n) is 12.3. The third-order valence-electron chi connectivity index (χ3n) is 2.87. The summed E-state index contributed by atoms with van der Waals surface area (Å²) in [6.45, 7) is 2.81. The van der Waals surface area contributed by atoms with Crippen LogP contribution in [0, 0.1) is 6.92 Å². The minimum atomic E-state index is -0.192. The Morgan fingerprint density at radius 1 is 1.09 bits per heavy atom. The Hall–Kier alpha value is -2.20. The molecule has 2 rings (SSSR count). The van der Waals surface area contributed by atoms with Crippen molar-refractivity contribution in [1.29, 1.82) is 0 Å². The summed E-state index contributed by atoms with van der Waals surface area (Å²) in [6.07, 6.45) is 0. The van der Waals surface area contributed by atoms with E-state index < -0.39 is 0 Å². The fourth-order valence-corrected chi connectivity index (χ4v) is 1.92. The Morgan fingerprint density at radius 3 is 2.59 bits per heavy atom. The molecule has 0 bridgehead atoms. The standard InChI is InChI=1S/C17H18ClNO3/c1-13-3-2-4-16(11-13)21-10-9-19-17(20)12-22-15-7-5-14(18)6-8-15/h2-8,11H,9-10,12H2,1H3,(H,19,20). The zero-order valence-corrected chi connectivity index (χ0v) is 13.1. The topological polar surface area (TPSA) is 47.6 Å². The monoisotopic (exact) mass is 319 g/mol. The SMILES string of the molecule is Cc1cccc(OCCNC(=O)COc2ccc(Cl)cc2)c1. The average Bonchev–Trinajstić information content (AvgIpc) is 2.51. The van der Waals surface area contributed by atoms with Crippen molar-refractivity contribution in [2.45, 2.75) is 6.92 Å². The van der Waals surface area contributed by atoms with Gasteiger partial charge in [0.25, 0.3) is 5.91 Å². The second kappa shape index (κ2) is 8.29. The summed E-state index contributed by atoms with van der Waals surface area (Å²) in [5.74, 6) is 1.21. The molecule has 0 fully saturated rings. The highest BCUT2D eigenvalue weighted by atomic mass is 35.5. The van der Waals surface area contributed by atoms with Gasteiger partial charge in [0.05, 0.1) is 6.54 Å². The second-order valence-corrected chi connectivity index (χ2v) is 5.19. The molecule has 0 aliphatic heterocycles. The first-order valence-corrected chi connectivity index (χ1v) is 7.36. The minimum Gasteiger partial charge on any atom is -0.492 e. The van der Waals surface area contributed by atoms with Crippen LogP contribution in [0.15, 0.2) is 48.5 Å². The van der Waals surface area contributed by atoms with Crippen LogP contribution in [0.3, 0.4) is 0 Å². The maximum absolute atomic E-state index is 11.6. The highest BCUT2D eigenvalue weighted by molar-refractivity contribution is 6.30. The fourth-order valence-electron chi connectivity index (χ4n) is 1.80. The van der Waals surface area contributed by atoms with Gasteiger partial charge in [0.15, 0.2) is 6.61 Å². The number of amides is 1. The van der Waals surface area contributed by atoms with Gasteiger partial charge in [-0.15, -0.1) is 0 Å². The number of hydrogen-bond donors (Lipinski definition) is 1. The zero-order chi connectivity index (χ0) is 15.8. The van der Waals surface area contributed by atoms with Gasteiger partial charge in [-0.3, -0.25) is 4.79 Å². The number of aryl methyl sites for hydroxylation is 1. The van der Waals surface area contributed by atoms with Crippen LogP contribution in [0.25, 0.3) is 0 Å². The van der Waals surface area contributed by atoms with Crippen LogP contribution in [-0.4, -0.2) is 25.7 Å². The molecule has 1 N–H and O–H groups in total. The van der Waals surface area contributed by atoms with E-state index >= 15 is 0 Å². The van der Waals surface area contributed by atoms with E-state index in [2.05, 4.69) is 5.32 Å². The van der Waals surface area contributed by atoms with Gasteiger partial charge in [0.2, 0.25) is 0 Å². The molecule has 1 amide bonds. The Labute approximate surface area is 135 Å². The summed E-state index contributed by atoms with van der Waals surface area (Å²) in [4.78, 5) is 11.6. The molecule has 2 aromatic rings. The summed E-state index contributed by atoms with van der Waals surface area (Å²) >= 11 is 5.77. The molecule has 0 aliphatic rings. The van der Waals surface area contributed by atoms with Crippen LogP contribution in [-0.2, 0) is 4.79 Å². The first-order valence-electron chi connectivity index (χ1n) is 6.98. The van der Waals surface area contributed by atoms with Crippen LogP contribution < -0.4 is 14.8 Å². The molecule has 0 atom stereocenters. The fraction of sp³-hybridized carbons (Fsp3) is 0.235. The van der Waals surface area contributed by atoms with Gasteiger partial charge in [-0.25, -0.2) is 0 Å². The molecule has 0 spiro atoms. The molecule has 0 saturated heterocycles. The lowest BCUT2D eigenvalue weighted by atomic mass is 10.2. The summed E-state index contributed by atoms with van der Waals surface area (Å²) < 4.78 is 10.9. The van der Waals surface area contributed by atoms with E-state index in [9.17, 15) is 4.79 Å². The maximum Gasteiger partial charge on any atom is 0.258 e. The van der Waals surface area contributed by atoms with Gasteiger partial charge in [0, 0.05) is 5.02 Å². The van der Waals surface area contributed by atoms with Gasteiger partial charge < -0.3 is 14.8 Å². The van der Waals surface area contributed by atoms with Gasteiger partial charge in [-0.05, 0) is 48.9 Å². The summed E-state index contributed by atoms with van der Waals surface area (Å²) in [5, 5.41) is 3.36. The van der Waals surface area contributed by atoms with Crippen LogP contribution in [0.1, 0.15) is 5.56 Å². The predicted molar refractivity (Wildman–Crippen MR) is 86.6 cm³/mol. The summed E-state index contributed by atoms with van der Waals surface area (Å²) in [7, 11) is 0. The Balaban J connectivity index is 1.62. The first kappa shape index (κ1) is 16.2. The molecular weight excluding hydrogens is 302 g/mol. The molecule has 0 heterocycles. The van der Waals surface area contributed by atoms with Crippen LogP contribution in [0.5, 0.6) is 11.5 Å². The van der Waals surface area contributed by atoms with Gasteiger partial charge in [-0.2, -0.15) is 0 Å². The van der Waals surface area contributed by atoms with Crippen molar-refractivity contribution >= 4 is 17.5 Å². The first-order chi connectivity index (χ1) is 10.6. The number of halogens is 1. The quantitative estimate of drug-likeness (QED) is 0.797. The molecule has 4 nitrogen and oxygen atoms in total. The van der Waals surface area contributed by atoms with Crippen LogP contribution >= 0.6 is 11.6 Å². The molecule has 0 radical (unpaired) electrons. The molecule has 0 saturated carbocycles. The lowest BCUT2D eigenvalue weighted by molar-refractivity contribution is -0.123. The largest absolute Gasteiger partial charge is 0.492 e. The molecule has 2 aromatic carbocycles. The third kappa shape index (κ3) is 5.66. The van der Waals surface area contributed by atoms with Crippen LogP contribution in [0.4, 0.5) is 0 Å². The maximum atomic E-state index is 11.6. The van der Waals surface area contributed by atoms with Crippen molar-refractivity contribution < 1.29 is 14.3 Å². The second-order valence-electron chi connectivity index (χ2n) is 4.76. The van der Waals surface area contributed by atoms with E-state index in [0.717, 1.165) is 11.3 Å². The van der Waals surface area contributed by atoms with E-state index in [1.54, 1.807) is 24.3 Å². The van der Waals surface area contributed by atoms with Crippen molar-refractivity contribution in [1.82, 2.24) is 5.32 Å². The van der Waals surface area contributed by atoms with Crippen molar-refractivity contribution in [3.8, 4) is 11.5 Å². The van der Waals surface area contributed by atoms with Gasteiger partial charge in [-0.1, -0.05) is 23.7 Å². The number of nitrogens with one attached hydrogen (secondary N) is 1. The van der Waals surface area contributed by atoms with E-state index in [4.69, 9.17) is 21.1 Å². The van der Waals surface area contributed by atoms with Crippen molar-refractivity contribution in [3.05, 3.63) is 59.1 Å². The number of carbonyl (C=O) groups excluding carboxylic acids is 1. The number of rotatable bonds is 7. The van der Waals surface area contributed by atoms with Crippen molar-refractivity contribution in [3.63, 3.8) is 0 Å². The van der Waals surface area contributed by atoms with E-state index in [1.807, 2.05) is 31.2 Å². The molecule has 22 heavy (non-hydrogen) atoms. The van der Waals surface area contributed by atoms with E-state index in [-0.39, 0.29) is 12.5 Å². The number of benzene rings is 2. The Bertz CT molecular complexity index is 614. The number of carbonyl (C=O) groups is 1. The molecule has 116 valence electrons. The Kier molecular flexibility index (Phi) is 6.10. The Morgan fingerprint density at radius 2 is 1.86 bits per heavy atom. The molecule has 0 unspecified atom stereocenters. The minimum absolute atomic E-state index is 0.0356. The van der Waals surface area contributed by atoms with Gasteiger partial charge in [0.1, 0.15) is 18.1 Å². The number of ether oxygens (including phenoxy) is 2. The lowest BCUT2D eigenvalue weighted by Gasteiger charge is -2.09. The summed E-state index contributed by atoms with van der Waals surface area (Å²) in [5.41, 5.74) is 1.14. The molecule has 5 heteroatoms.